The van der Waals surface area contributed by atoms with Gasteiger partial charge in [0.1, 0.15) is 0 Å². The Morgan fingerprint density at radius 1 is 1.31 bits per heavy atom. The molecule has 1 aliphatic heterocycles. The molecule has 0 bridgehead atoms. The van der Waals surface area contributed by atoms with E-state index in [0.717, 1.165) is 13.1 Å². The first-order chi connectivity index (χ1) is 6.13. The highest BCUT2D eigenvalue weighted by Crippen LogP contribution is 2.48. The van der Waals surface area contributed by atoms with Gasteiger partial charge < -0.3 is 4.90 Å². The highest BCUT2D eigenvalue weighted by Gasteiger charge is 2.44. The molecule has 0 unspecified atom stereocenters. The smallest absolute Gasteiger partial charge is 0.225 e. The Morgan fingerprint density at radius 3 is 2.38 bits per heavy atom. The van der Waals surface area contributed by atoms with Crippen LogP contribution < -0.4 is 0 Å². The van der Waals surface area contributed by atoms with Gasteiger partial charge in [-0.25, -0.2) is 0 Å². The molecule has 0 aromatic rings. The Bertz CT molecular complexity index is 218. The Balaban J connectivity index is 1.94. The van der Waals surface area contributed by atoms with Crippen LogP contribution in [0, 0.1) is 11.3 Å². The molecule has 1 spiro atoms. The fraction of sp³-hybridized carbons (Fsp3) is 0.909. The van der Waals surface area contributed by atoms with Crippen molar-refractivity contribution >= 4 is 5.91 Å². The normalized spacial score (nSPS) is 25.3. The number of likely N-dealkylation sites (tertiary alicyclic amines) is 1. The molecule has 1 saturated carbocycles. The van der Waals surface area contributed by atoms with Gasteiger partial charge >= 0.3 is 0 Å². The van der Waals surface area contributed by atoms with Crippen LogP contribution in [0.5, 0.6) is 0 Å². The van der Waals surface area contributed by atoms with Crippen molar-refractivity contribution in [2.45, 2.75) is 39.5 Å². The number of nitrogens with zero attached hydrogens (tertiary/aromatic N) is 1. The second kappa shape index (κ2) is 3.00. The van der Waals surface area contributed by atoms with Gasteiger partial charge in [-0.15, -0.1) is 0 Å². The van der Waals surface area contributed by atoms with E-state index in [-0.39, 0.29) is 5.92 Å². The molecule has 0 radical (unpaired) electrons. The van der Waals surface area contributed by atoms with Gasteiger partial charge in [-0.05, 0) is 24.7 Å². The lowest BCUT2D eigenvalue weighted by Gasteiger charge is -2.38. The topological polar surface area (TPSA) is 20.3 Å². The average molecular weight is 181 g/mol. The lowest BCUT2D eigenvalue weighted by Crippen LogP contribution is -2.37. The van der Waals surface area contributed by atoms with Crippen LogP contribution in [-0.4, -0.2) is 23.9 Å². The molecule has 1 saturated heterocycles. The molecule has 2 heteroatoms. The van der Waals surface area contributed by atoms with Crippen molar-refractivity contribution in [3.63, 3.8) is 0 Å². The largest absolute Gasteiger partial charge is 0.342 e. The highest BCUT2D eigenvalue weighted by molar-refractivity contribution is 5.78. The predicted molar refractivity (Wildman–Crippen MR) is 52.3 cm³/mol. The van der Waals surface area contributed by atoms with E-state index in [1.165, 1.54) is 25.7 Å². The van der Waals surface area contributed by atoms with Crippen LogP contribution in [0.15, 0.2) is 0 Å². The van der Waals surface area contributed by atoms with Gasteiger partial charge in [-0.2, -0.15) is 0 Å². The average Bonchev–Trinajstić information content (AvgIpc) is 2.45. The molecule has 74 valence electrons. The van der Waals surface area contributed by atoms with Gasteiger partial charge in [0, 0.05) is 19.0 Å². The zero-order valence-corrected chi connectivity index (χ0v) is 8.68. The number of hydrogen-bond donors (Lipinski definition) is 0. The predicted octanol–water partition coefficient (Wildman–Crippen LogP) is 2.04. The Hall–Kier alpha value is -0.530. The maximum absolute atomic E-state index is 11.7. The summed E-state index contributed by atoms with van der Waals surface area (Å²) in [5.74, 6) is 0.527. The van der Waals surface area contributed by atoms with Gasteiger partial charge in [-0.3, -0.25) is 4.79 Å². The molecule has 1 amide bonds. The van der Waals surface area contributed by atoms with Crippen LogP contribution in [0.3, 0.4) is 0 Å². The maximum Gasteiger partial charge on any atom is 0.225 e. The minimum absolute atomic E-state index is 0.176. The maximum atomic E-state index is 11.7. The summed E-state index contributed by atoms with van der Waals surface area (Å²) in [6, 6.07) is 0. The van der Waals surface area contributed by atoms with Crippen LogP contribution >= 0.6 is 0 Å². The third-order valence-corrected chi connectivity index (χ3v) is 3.66. The highest BCUT2D eigenvalue weighted by atomic mass is 16.2. The molecule has 0 aromatic carbocycles. The molecule has 2 nitrogen and oxygen atoms in total. The van der Waals surface area contributed by atoms with Crippen molar-refractivity contribution in [3.8, 4) is 0 Å². The lowest BCUT2D eigenvalue weighted by molar-refractivity contribution is -0.134. The quantitative estimate of drug-likeness (QED) is 0.606. The minimum Gasteiger partial charge on any atom is -0.342 e. The van der Waals surface area contributed by atoms with Crippen molar-refractivity contribution in [1.82, 2.24) is 4.90 Å². The molecule has 2 rings (SSSR count). The van der Waals surface area contributed by atoms with E-state index in [9.17, 15) is 4.79 Å². The van der Waals surface area contributed by atoms with Crippen molar-refractivity contribution in [2.75, 3.05) is 13.1 Å². The summed E-state index contributed by atoms with van der Waals surface area (Å²) in [6.07, 6.45) is 5.35. The van der Waals surface area contributed by atoms with Crippen molar-refractivity contribution < 1.29 is 4.79 Å². The van der Waals surface area contributed by atoms with Gasteiger partial charge in [-0.1, -0.05) is 20.3 Å². The molecule has 0 atom stereocenters. The molecule has 1 aliphatic carbocycles. The van der Waals surface area contributed by atoms with E-state index in [4.69, 9.17) is 0 Å². The minimum atomic E-state index is 0.176. The number of carbonyl (C=O) groups is 1. The summed E-state index contributed by atoms with van der Waals surface area (Å²) in [6.45, 7) is 6.04. The molecular weight excluding hydrogens is 162 g/mol. The van der Waals surface area contributed by atoms with E-state index in [2.05, 4.69) is 4.90 Å². The van der Waals surface area contributed by atoms with Crippen LogP contribution in [0.4, 0.5) is 0 Å². The first kappa shape index (κ1) is 9.04. The zero-order valence-electron chi connectivity index (χ0n) is 8.68. The monoisotopic (exact) mass is 181 g/mol. The summed E-state index contributed by atoms with van der Waals surface area (Å²) in [5.41, 5.74) is 0.560. The molecule has 0 aromatic heterocycles. The van der Waals surface area contributed by atoms with E-state index in [1.54, 1.807) is 0 Å². The fourth-order valence-electron chi connectivity index (χ4n) is 2.57. The molecule has 2 fully saturated rings. The standard InChI is InChI=1S/C11H19NO/c1-9(2)10(13)12-7-6-11(8-12)4-3-5-11/h9H,3-8H2,1-2H3. The first-order valence-electron chi connectivity index (χ1n) is 5.42. The second-order valence-corrected chi connectivity index (χ2v) is 5.02. The number of amides is 1. The Morgan fingerprint density at radius 2 is 2.00 bits per heavy atom. The van der Waals surface area contributed by atoms with Crippen molar-refractivity contribution in [3.05, 3.63) is 0 Å². The molecule has 13 heavy (non-hydrogen) atoms. The molecule has 1 heterocycles. The summed E-state index contributed by atoms with van der Waals surface area (Å²) in [4.78, 5) is 13.8. The van der Waals surface area contributed by atoms with Gasteiger partial charge in [0.05, 0.1) is 0 Å². The zero-order chi connectivity index (χ0) is 9.47. The SMILES string of the molecule is CC(C)C(=O)N1CCC2(CCC2)C1. The van der Waals surface area contributed by atoms with Crippen LogP contribution in [-0.2, 0) is 4.79 Å². The van der Waals surface area contributed by atoms with E-state index >= 15 is 0 Å². The van der Waals surface area contributed by atoms with Gasteiger partial charge in [0.2, 0.25) is 5.91 Å². The van der Waals surface area contributed by atoms with E-state index < -0.39 is 0 Å². The summed E-state index contributed by atoms with van der Waals surface area (Å²) >= 11 is 0. The van der Waals surface area contributed by atoms with Crippen LogP contribution in [0.2, 0.25) is 0 Å². The second-order valence-electron chi connectivity index (χ2n) is 5.02. The summed E-state index contributed by atoms with van der Waals surface area (Å²) in [5, 5.41) is 0. The molecular formula is C11H19NO. The van der Waals surface area contributed by atoms with Crippen molar-refractivity contribution in [1.29, 1.82) is 0 Å². The van der Waals surface area contributed by atoms with Gasteiger partial charge in [0.25, 0.3) is 0 Å². The number of carbonyl (C=O) groups excluding carboxylic acids is 1. The Labute approximate surface area is 80.3 Å². The first-order valence-corrected chi connectivity index (χ1v) is 5.42. The van der Waals surface area contributed by atoms with E-state index in [0.29, 0.717) is 11.3 Å². The third-order valence-electron chi connectivity index (χ3n) is 3.66. The van der Waals surface area contributed by atoms with Gasteiger partial charge in [0.15, 0.2) is 0 Å². The fourth-order valence-corrected chi connectivity index (χ4v) is 2.57. The summed E-state index contributed by atoms with van der Waals surface area (Å²) < 4.78 is 0. The molecule has 2 aliphatic rings. The Kier molecular flexibility index (Phi) is 2.09. The van der Waals surface area contributed by atoms with Crippen molar-refractivity contribution in [2.24, 2.45) is 11.3 Å². The van der Waals surface area contributed by atoms with Crippen LogP contribution in [0.25, 0.3) is 0 Å². The summed E-state index contributed by atoms with van der Waals surface area (Å²) in [7, 11) is 0. The number of rotatable bonds is 1. The van der Waals surface area contributed by atoms with Crippen LogP contribution in [0.1, 0.15) is 39.5 Å². The van der Waals surface area contributed by atoms with E-state index in [1.807, 2.05) is 13.8 Å². The lowest BCUT2D eigenvalue weighted by atomic mass is 9.68. The molecule has 0 N–H and O–H groups in total. The number of hydrogen-bond acceptors (Lipinski definition) is 1. The third kappa shape index (κ3) is 1.47.